The molecule has 0 spiro atoms. The zero-order chi connectivity index (χ0) is 13.8. The molecule has 19 heavy (non-hydrogen) atoms. The summed E-state index contributed by atoms with van der Waals surface area (Å²) in [6, 6.07) is 8.27. The lowest BCUT2D eigenvalue weighted by atomic mass is 10.3. The third kappa shape index (κ3) is 3.75. The lowest BCUT2D eigenvalue weighted by Gasteiger charge is -2.20. The maximum Gasteiger partial charge on any atom is 0.173 e. The summed E-state index contributed by atoms with van der Waals surface area (Å²) in [7, 11) is 1.94. The van der Waals surface area contributed by atoms with E-state index in [-0.39, 0.29) is 5.82 Å². The van der Waals surface area contributed by atoms with E-state index in [4.69, 9.17) is 12.2 Å². The molecule has 5 heteroatoms. The molecule has 0 aliphatic carbocycles. The van der Waals surface area contributed by atoms with Gasteiger partial charge in [-0.1, -0.05) is 0 Å². The van der Waals surface area contributed by atoms with Crippen molar-refractivity contribution >= 4 is 34.4 Å². The Hall–Kier alpha value is -1.46. The van der Waals surface area contributed by atoms with Crippen molar-refractivity contribution in [2.75, 3.05) is 12.4 Å². The molecule has 1 N–H and O–H groups in total. The Balaban J connectivity index is 1.96. The Morgan fingerprint density at radius 1 is 1.32 bits per heavy atom. The van der Waals surface area contributed by atoms with Crippen molar-refractivity contribution in [3.8, 4) is 0 Å². The van der Waals surface area contributed by atoms with Crippen LogP contribution in [0.5, 0.6) is 0 Å². The van der Waals surface area contributed by atoms with Crippen molar-refractivity contribution in [2.24, 2.45) is 0 Å². The number of hydrogen-bond acceptors (Lipinski definition) is 2. The quantitative estimate of drug-likeness (QED) is 0.861. The fourth-order valence-electron chi connectivity index (χ4n) is 1.61. The first-order valence-electron chi connectivity index (χ1n) is 5.87. The van der Waals surface area contributed by atoms with Gasteiger partial charge in [-0.2, -0.15) is 0 Å². The summed E-state index contributed by atoms with van der Waals surface area (Å²) in [5.74, 6) is -0.251. The first-order valence-corrected chi connectivity index (χ1v) is 7.15. The minimum Gasteiger partial charge on any atom is -0.347 e. The Bertz CT molecular complexity index is 563. The second-order valence-corrected chi connectivity index (χ2v) is 5.71. The van der Waals surface area contributed by atoms with Crippen molar-refractivity contribution in [1.29, 1.82) is 0 Å². The van der Waals surface area contributed by atoms with Gasteiger partial charge < -0.3 is 10.2 Å². The largest absolute Gasteiger partial charge is 0.347 e. The SMILES string of the molecule is Cc1ccsc1CN(C)C(=S)Nc1ccc(F)cc1. The van der Waals surface area contributed by atoms with E-state index in [0.29, 0.717) is 5.11 Å². The topological polar surface area (TPSA) is 15.3 Å². The summed E-state index contributed by atoms with van der Waals surface area (Å²) in [5.41, 5.74) is 2.07. The molecule has 0 amide bonds. The van der Waals surface area contributed by atoms with E-state index >= 15 is 0 Å². The summed E-state index contributed by atoms with van der Waals surface area (Å²) in [5, 5.41) is 5.80. The highest BCUT2D eigenvalue weighted by atomic mass is 32.1. The maximum atomic E-state index is 12.8. The van der Waals surface area contributed by atoms with Gasteiger partial charge in [0.2, 0.25) is 0 Å². The van der Waals surface area contributed by atoms with E-state index in [1.807, 2.05) is 11.9 Å². The average Bonchev–Trinajstić information content (AvgIpc) is 2.78. The van der Waals surface area contributed by atoms with E-state index < -0.39 is 0 Å². The number of rotatable bonds is 3. The molecule has 2 rings (SSSR count). The van der Waals surface area contributed by atoms with Crippen LogP contribution in [0.15, 0.2) is 35.7 Å². The van der Waals surface area contributed by atoms with Crippen molar-refractivity contribution in [1.82, 2.24) is 4.90 Å². The number of halogens is 1. The molecule has 0 aliphatic rings. The minimum atomic E-state index is -0.251. The predicted molar refractivity (Wildman–Crippen MR) is 83.1 cm³/mol. The van der Waals surface area contributed by atoms with Gasteiger partial charge in [0.05, 0.1) is 6.54 Å². The zero-order valence-electron chi connectivity index (χ0n) is 10.8. The highest BCUT2D eigenvalue weighted by Gasteiger charge is 2.08. The lowest BCUT2D eigenvalue weighted by molar-refractivity contribution is 0.512. The molecule has 0 bridgehead atoms. The molecule has 1 aromatic carbocycles. The van der Waals surface area contributed by atoms with Crippen molar-refractivity contribution in [3.63, 3.8) is 0 Å². The second-order valence-electron chi connectivity index (χ2n) is 4.32. The van der Waals surface area contributed by atoms with Gasteiger partial charge in [-0.05, 0) is 60.4 Å². The first-order chi connectivity index (χ1) is 9.06. The molecule has 1 aromatic heterocycles. The smallest absolute Gasteiger partial charge is 0.173 e. The summed E-state index contributed by atoms with van der Waals surface area (Å²) >= 11 is 7.06. The van der Waals surface area contributed by atoms with Gasteiger partial charge in [0.1, 0.15) is 5.82 Å². The Labute approximate surface area is 121 Å². The fraction of sp³-hybridized carbons (Fsp3) is 0.214. The maximum absolute atomic E-state index is 12.8. The number of hydrogen-bond donors (Lipinski definition) is 1. The number of thiophene rings is 1. The third-order valence-electron chi connectivity index (χ3n) is 2.79. The van der Waals surface area contributed by atoms with Crippen molar-refractivity contribution < 1.29 is 4.39 Å². The molecule has 2 nitrogen and oxygen atoms in total. The molecule has 0 saturated heterocycles. The average molecular weight is 294 g/mol. The fourth-order valence-corrected chi connectivity index (χ4v) is 2.75. The van der Waals surface area contributed by atoms with E-state index in [1.165, 1.54) is 22.6 Å². The van der Waals surface area contributed by atoms with E-state index in [9.17, 15) is 4.39 Å². The van der Waals surface area contributed by atoms with Crippen molar-refractivity contribution in [3.05, 3.63) is 52.0 Å². The van der Waals surface area contributed by atoms with Crippen LogP contribution in [0.25, 0.3) is 0 Å². The van der Waals surface area contributed by atoms with Gasteiger partial charge >= 0.3 is 0 Å². The summed E-state index contributed by atoms with van der Waals surface area (Å²) in [6.07, 6.45) is 0. The van der Waals surface area contributed by atoms with Crippen LogP contribution in [-0.4, -0.2) is 17.1 Å². The Morgan fingerprint density at radius 2 is 2.00 bits per heavy atom. The normalized spacial score (nSPS) is 10.3. The molecule has 0 aliphatic heterocycles. The van der Waals surface area contributed by atoms with Crippen LogP contribution in [0.1, 0.15) is 10.4 Å². The summed E-state index contributed by atoms with van der Waals surface area (Å²) < 4.78 is 12.8. The molecule has 0 fully saturated rings. The molecule has 2 aromatic rings. The van der Waals surface area contributed by atoms with Gasteiger partial charge in [-0.3, -0.25) is 0 Å². The molecule has 0 atom stereocenters. The Morgan fingerprint density at radius 3 is 2.58 bits per heavy atom. The number of nitrogens with one attached hydrogen (secondary N) is 1. The van der Waals surface area contributed by atoms with Gasteiger partial charge in [0.25, 0.3) is 0 Å². The summed E-state index contributed by atoms with van der Waals surface area (Å²) in [4.78, 5) is 3.27. The molecule has 100 valence electrons. The van der Waals surface area contributed by atoms with Gasteiger partial charge in [-0.15, -0.1) is 11.3 Å². The van der Waals surface area contributed by atoms with E-state index in [1.54, 1.807) is 23.5 Å². The molecule has 0 unspecified atom stereocenters. The number of thiocarbonyl (C=S) groups is 1. The van der Waals surface area contributed by atoms with Gasteiger partial charge in [-0.25, -0.2) is 4.39 Å². The monoisotopic (exact) mass is 294 g/mol. The van der Waals surface area contributed by atoms with Crippen LogP contribution in [0.4, 0.5) is 10.1 Å². The predicted octanol–water partition coefficient (Wildman–Crippen LogP) is 4.02. The van der Waals surface area contributed by atoms with Gasteiger partial charge in [0, 0.05) is 17.6 Å². The van der Waals surface area contributed by atoms with Gasteiger partial charge in [0.15, 0.2) is 5.11 Å². The van der Waals surface area contributed by atoms with Crippen LogP contribution in [0.2, 0.25) is 0 Å². The lowest BCUT2D eigenvalue weighted by Crippen LogP contribution is -2.30. The number of aryl methyl sites for hydroxylation is 1. The third-order valence-corrected chi connectivity index (χ3v) is 4.21. The molecule has 0 radical (unpaired) electrons. The Kier molecular flexibility index (Phi) is 4.50. The molecular weight excluding hydrogens is 279 g/mol. The standard InChI is InChI=1S/C14H15FN2S2/c1-10-7-8-19-13(10)9-17(2)14(18)16-12-5-3-11(15)4-6-12/h3-8H,9H2,1-2H3,(H,16,18). The number of nitrogens with zero attached hydrogens (tertiary/aromatic N) is 1. The first kappa shape index (κ1) is 14.0. The number of anilines is 1. The van der Waals surface area contributed by atoms with Crippen LogP contribution in [-0.2, 0) is 6.54 Å². The minimum absolute atomic E-state index is 0.251. The van der Waals surface area contributed by atoms with Crippen LogP contribution < -0.4 is 5.32 Å². The van der Waals surface area contributed by atoms with E-state index in [2.05, 4.69) is 23.7 Å². The van der Waals surface area contributed by atoms with Crippen LogP contribution in [0.3, 0.4) is 0 Å². The highest BCUT2D eigenvalue weighted by Crippen LogP contribution is 2.18. The molecule has 0 saturated carbocycles. The highest BCUT2D eigenvalue weighted by molar-refractivity contribution is 7.80. The summed E-state index contributed by atoms with van der Waals surface area (Å²) in [6.45, 7) is 2.87. The zero-order valence-corrected chi connectivity index (χ0v) is 12.4. The second kappa shape index (κ2) is 6.12. The van der Waals surface area contributed by atoms with Crippen LogP contribution in [0, 0.1) is 12.7 Å². The number of benzene rings is 1. The molecule has 1 heterocycles. The van der Waals surface area contributed by atoms with Crippen LogP contribution >= 0.6 is 23.6 Å². The molecular formula is C14H15FN2S2. The van der Waals surface area contributed by atoms with Crippen molar-refractivity contribution in [2.45, 2.75) is 13.5 Å². The van der Waals surface area contributed by atoms with E-state index in [0.717, 1.165) is 12.2 Å².